The number of amides is 1. The zero-order chi connectivity index (χ0) is 18.3. The Bertz CT molecular complexity index is 879. The second-order valence-corrected chi connectivity index (χ2v) is 7.26. The topological polar surface area (TPSA) is 71.8 Å². The van der Waals surface area contributed by atoms with Crippen LogP contribution in [0.25, 0.3) is 0 Å². The van der Waals surface area contributed by atoms with Gasteiger partial charge in [0, 0.05) is 31.8 Å². The Kier molecular flexibility index (Phi) is 4.17. The third-order valence-corrected chi connectivity index (χ3v) is 5.51. The number of aryl methyl sites for hydroxylation is 1. The van der Waals surface area contributed by atoms with Crippen molar-refractivity contribution in [1.29, 1.82) is 0 Å². The Morgan fingerprint density at radius 3 is 2.73 bits per heavy atom. The number of carbonyl (C=O) groups is 1. The summed E-state index contributed by atoms with van der Waals surface area (Å²) in [4.78, 5) is 25.9. The number of carbonyl (C=O) groups excluding carboxylic acids is 1. The molecule has 2 aliphatic heterocycles. The van der Waals surface area contributed by atoms with Crippen molar-refractivity contribution in [2.75, 3.05) is 19.7 Å². The van der Waals surface area contributed by atoms with Gasteiger partial charge in [0.05, 0.1) is 18.7 Å². The Balaban J connectivity index is 1.52. The van der Waals surface area contributed by atoms with Gasteiger partial charge in [-0.05, 0) is 18.1 Å². The second kappa shape index (κ2) is 6.37. The molecular formula is C20H22N2O4. The molecule has 3 heterocycles. The molecule has 1 spiro atoms. The summed E-state index contributed by atoms with van der Waals surface area (Å²) >= 11 is 0. The van der Waals surface area contributed by atoms with Crippen LogP contribution in [0.3, 0.4) is 0 Å². The molecule has 2 saturated heterocycles. The van der Waals surface area contributed by atoms with Gasteiger partial charge in [-0.1, -0.05) is 30.3 Å². The van der Waals surface area contributed by atoms with Gasteiger partial charge in [0.1, 0.15) is 11.7 Å². The van der Waals surface area contributed by atoms with Crippen molar-refractivity contribution in [2.45, 2.75) is 24.0 Å². The monoisotopic (exact) mass is 354 g/mol. The highest BCUT2D eigenvalue weighted by Crippen LogP contribution is 2.42. The standard InChI is InChI=1S/C20H22N2O4/c1-21-10-15(7-8-18(21)24)19(25)22-11-17(23)20(13-22)9-16(12-26-20)14-5-3-2-4-6-14/h2-8,10,16-17,23H,9,11-13H2,1H3/t16-,17-,20-/m1/s1. The number of hydrogen-bond acceptors (Lipinski definition) is 4. The lowest BCUT2D eigenvalue weighted by Gasteiger charge is -2.26. The molecular weight excluding hydrogens is 332 g/mol. The highest BCUT2D eigenvalue weighted by Gasteiger charge is 2.53. The summed E-state index contributed by atoms with van der Waals surface area (Å²) in [6.45, 7) is 1.14. The molecule has 0 saturated carbocycles. The summed E-state index contributed by atoms with van der Waals surface area (Å²) in [7, 11) is 1.62. The van der Waals surface area contributed by atoms with Gasteiger partial charge in [-0.25, -0.2) is 0 Å². The maximum Gasteiger partial charge on any atom is 0.255 e. The molecule has 1 N–H and O–H groups in total. The molecule has 0 unspecified atom stereocenters. The first kappa shape index (κ1) is 17.0. The van der Waals surface area contributed by atoms with E-state index in [1.165, 1.54) is 28.5 Å². The van der Waals surface area contributed by atoms with Crippen LogP contribution in [0.4, 0.5) is 0 Å². The molecule has 1 aromatic heterocycles. The van der Waals surface area contributed by atoms with E-state index in [0.29, 0.717) is 25.1 Å². The van der Waals surface area contributed by atoms with Gasteiger partial charge < -0.3 is 19.3 Å². The zero-order valence-corrected chi connectivity index (χ0v) is 14.7. The van der Waals surface area contributed by atoms with Crippen LogP contribution in [-0.4, -0.2) is 51.9 Å². The third kappa shape index (κ3) is 2.85. The number of hydrogen-bond donors (Lipinski definition) is 1. The molecule has 3 atom stereocenters. The van der Waals surface area contributed by atoms with E-state index in [1.807, 2.05) is 18.2 Å². The minimum absolute atomic E-state index is 0.163. The van der Waals surface area contributed by atoms with E-state index in [9.17, 15) is 14.7 Å². The fourth-order valence-corrected chi connectivity index (χ4v) is 4.01. The molecule has 2 aromatic rings. The number of nitrogens with zero attached hydrogens (tertiary/aromatic N) is 2. The second-order valence-electron chi connectivity index (χ2n) is 7.26. The number of pyridine rings is 1. The van der Waals surface area contributed by atoms with E-state index in [-0.39, 0.29) is 23.9 Å². The molecule has 6 heteroatoms. The maximum atomic E-state index is 12.8. The van der Waals surface area contributed by atoms with E-state index in [0.717, 1.165) is 0 Å². The quantitative estimate of drug-likeness (QED) is 0.878. The Labute approximate surface area is 151 Å². The highest BCUT2D eigenvalue weighted by molar-refractivity contribution is 5.94. The van der Waals surface area contributed by atoms with E-state index >= 15 is 0 Å². The minimum Gasteiger partial charge on any atom is -0.388 e. The molecule has 0 aliphatic carbocycles. The zero-order valence-electron chi connectivity index (χ0n) is 14.7. The number of β-amino-alcohol motifs (C(OH)–C–C–N with tert-alkyl or cyclic N) is 1. The SMILES string of the molecule is Cn1cc(C(=O)N2C[C@@H](O)[C@@]3(C[C@@H](c4ccccc4)CO3)C2)ccc1=O. The van der Waals surface area contributed by atoms with E-state index in [4.69, 9.17) is 4.74 Å². The summed E-state index contributed by atoms with van der Waals surface area (Å²) in [6, 6.07) is 13.0. The minimum atomic E-state index is -0.715. The van der Waals surface area contributed by atoms with Crippen molar-refractivity contribution in [2.24, 2.45) is 7.05 Å². The smallest absolute Gasteiger partial charge is 0.255 e. The van der Waals surface area contributed by atoms with Crippen molar-refractivity contribution in [1.82, 2.24) is 9.47 Å². The predicted molar refractivity (Wildman–Crippen MR) is 96.1 cm³/mol. The molecule has 1 amide bonds. The van der Waals surface area contributed by atoms with Crippen LogP contribution in [0.2, 0.25) is 0 Å². The van der Waals surface area contributed by atoms with E-state index in [1.54, 1.807) is 11.9 Å². The number of rotatable bonds is 2. The van der Waals surface area contributed by atoms with Crippen LogP contribution in [-0.2, 0) is 11.8 Å². The molecule has 1 aromatic carbocycles. The van der Waals surface area contributed by atoms with Crippen molar-refractivity contribution in [3.05, 3.63) is 70.1 Å². The molecule has 136 valence electrons. The number of benzene rings is 1. The van der Waals surface area contributed by atoms with Crippen molar-refractivity contribution < 1.29 is 14.6 Å². The first-order chi connectivity index (χ1) is 12.5. The number of aliphatic hydroxyl groups excluding tert-OH is 1. The molecule has 2 fully saturated rings. The molecule has 2 aliphatic rings. The van der Waals surface area contributed by atoms with Gasteiger partial charge >= 0.3 is 0 Å². The summed E-state index contributed by atoms with van der Waals surface area (Å²) in [6.07, 6.45) is 1.51. The van der Waals surface area contributed by atoms with Gasteiger partial charge in [0.15, 0.2) is 0 Å². The van der Waals surface area contributed by atoms with Crippen LogP contribution in [0.5, 0.6) is 0 Å². The first-order valence-electron chi connectivity index (χ1n) is 8.81. The Hall–Kier alpha value is -2.44. The molecule has 4 rings (SSSR count). The first-order valence-corrected chi connectivity index (χ1v) is 8.81. The third-order valence-electron chi connectivity index (χ3n) is 5.51. The summed E-state index contributed by atoms with van der Waals surface area (Å²) in [5, 5.41) is 10.6. The van der Waals surface area contributed by atoms with E-state index in [2.05, 4.69) is 12.1 Å². The number of ether oxygens (including phenoxy) is 1. The fraction of sp³-hybridized carbons (Fsp3) is 0.400. The largest absolute Gasteiger partial charge is 0.388 e. The summed E-state index contributed by atoms with van der Waals surface area (Å²) in [5.41, 5.74) is 0.759. The van der Waals surface area contributed by atoms with Gasteiger partial charge in [0.25, 0.3) is 5.91 Å². The molecule has 0 bridgehead atoms. The number of aromatic nitrogens is 1. The van der Waals surface area contributed by atoms with E-state index < -0.39 is 11.7 Å². The average molecular weight is 354 g/mol. The number of aliphatic hydroxyl groups is 1. The van der Waals surface area contributed by atoms with Gasteiger partial charge in [-0.15, -0.1) is 0 Å². The van der Waals surface area contributed by atoms with Crippen LogP contribution >= 0.6 is 0 Å². The van der Waals surface area contributed by atoms with Gasteiger partial charge in [-0.3, -0.25) is 9.59 Å². The summed E-state index contributed by atoms with van der Waals surface area (Å²) < 4.78 is 7.42. The maximum absolute atomic E-state index is 12.8. The van der Waals surface area contributed by atoms with Crippen LogP contribution in [0.1, 0.15) is 28.3 Å². The van der Waals surface area contributed by atoms with Crippen molar-refractivity contribution >= 4 is 5.91 Å². The fourth-order valence-electron chi connectivity index (χ4n) is 4.01. The van der Waals surface area contributed by atoms with Crippen LogP contribution in [0.15, 0.2) is 53.5 Å². The van der Waals surface area contributed by atoms with Crippen molar-refractivity contribution in [3.63, 3.8) is 0 Å². The lowest BCUT2D eigenvalue weighted by molar-refractivity contribution is -0.0591. The lowest BCUT2D eigenvalue weighted by Crippen LogP contribution is -2.41. The Morgan fingerprint density at radius 1 is 1.23 bits per heavy atom. The average Bonchev–Trinajstić information content (AvgIpc) is 3.22. The van der Waals surface area contributed by atoms with Crippen LogP contribution in [0, 0.1) is 0 Å². The van der Waals surface area contributed by atoms with Crippen LogP contribution < -0.4 is 5.56 Å². The van der Waals surface area contributed by atoms with Crippen molar-refractivity contribution in [3.8, 4) is 0 Å². The highest BCUT2D eigenvalue weighted by atomic mass is 16.5. The molecule has 26 heavy (non-hydrogen) atoms. The molecule has 0 radical (unpaired) electrons. The predicted octanol–water partition coefficient (Wildman–Crippen LogP) is 1.14. The number of likely N-dealkylation sites (tertiary alicyclic amines) is 1. The lowest BCUT2D eigenvalue weighted by atomic mass is 9.87. The normalized spacial score (nSPS) is 28.0. The Morgan fingerprint density at radius 2 is 2.00 bits per heavy atom. The summed E-state index contributed by atoms with van der Waals surface area (Å²) in [5.74, 6) is 0.0294. The van der Waals surface area contributed by atoms with Gasteiger partial charge in [0.2, 0.25) is 5.56 Å². The van der Waals surface area contributed by atoms with Gasteiger partial charge in [-0.2, -0.15) is 0 Å². The molecule has 6 nitrogen and oxygen atoms in total.